The standard InChI is InChI=1S/C13H16ClF3N4/c14-8-5-6-11(10(7-8)13(15,16)17)20-12(21-18)19-9-3-1-2-4-9/h5-7,9H,1-4,18H2,(H2,19,20,21). The number of nitrogens with zero attached hydrogens (tertiary/aromatic N) is 1. The summed E-state index contributed by atoms with van der Waals surface area (Å²) >= 11 is 5.63. The Morgan fingerprint density at radius 3 is 2.52 bits per heavy atom. The van der Waals surface area contributed by atoms with Gasteiger partial charge in [-0.15, -0.1) is 0 Å². The summed E-state index contributed by atoms with van der Waals surface area (Å²) in [7, 11) is 0. The van der Waals surface area contributed by atoms with E-state index < -0.39 is 11.7 Å². The summed E-state index contributed by atoms with van der Waals surface area (Å²) in [5.41, 5.74) is 1.31. The molecule has 2 rings (SSSR count). The van der Waals surface area contributed by atoms with Gasteiger partial charge in [0.1, 0.15) is 0 Å². The van der Waals surface area contributed by atoms with E-state index in [1.54, 1.807) is 0 Å². The lowest BCUT2D eigenvalue weighted by Crippen LogP contribution is -2.37. The highest BCUT2D eigenvalue weighted by Gasteiger charge is 2.34. The second kappa shape index (κ2) is 6.53. The zero-order valence-corrected chi connectivity index (χ0v) is 11.9. The van der Waals surface area contributed by atoms with E-state index in [-0.39, 0.29) is 22.7 Å². The van der Waals surface area contributed by atoms with Crippen molar-refractivity contribution in [2.45, 2.75) is 37.9 Å². The van der Waals surface area contributed by atoms with Crippen LogP contribution in [0.1, 0.15) is 31.2 Å². The third-order valence-electron chi connectivity index (χ3n) is 3.31. The van der Waals surface area contributed by atoms with Crippen molar-refractivity contribution in [1.29, 1.82) is 0 Å². The first kappa shape index (κ1) is 15.9. The van der Waals surface area contributed by atoms with E-state index >= 15 is 0 Å². The van der Waals surface area contributed by atoms with Gasteiger partial charge < -0.3 is 5.32 Å². The van der Waals surface area contributed by atoms with Gasteiger partial charge in [0.15, 0.2) is 0 Å². The second-order valence-corrected chi connectivity index (χ2v) is 5.31. The molecule has 4 nitrogen and oxygen atoms in total. The Bertz CT molecular complexity index is 525. The van der Waals surface area contributed by atoms with E-state index in [4.69, 9.17) is 17.4 Å². The van der Waals surface area contributed by atoms with Crippen molar-refractivity contribution in [1.82, 2.24) is 5.43 Å². The van der Waals surface area contributed by atoms with Gasteiger partial charge >= 0.3 is 6.18 Å². The summed E-state index contributed by atoms with van der Waals surface area (Å²) in [6.45, 7) is 0. The Kier molecular flexibility index (Phi) is 4.95. The van der Waals surface area contributed by atoms with Crippen LogP contribution in [0.5, 0.6) is 0 Å². The second-order valence-electron chi connectivity index (χ2n) is 4.87. The molecule has 0 amide bonds. The van der Waals surface area contributed by atoms with E-state index in [9.17, 15) is 13.2 Å². The Balaban J connectivity index is 2.24. The smallest absolute Gasteiger partial charge is 0.325 e. The van der Waals surface area contributed by atoms with Crippen molar-refractivity contribution in [3.8, 4) is 0 Å². The number of hydrogen-bond donors (Lipinski definition) is 3. The topological polar surface area (TPSA) is 62.4 Å². The summed E-state index contributed by atoms with van der Waals surface area (Å²) in [6.07, 6.45) is -0.541. The van der Waals surface area contributed by atoms with Crippen molar-refractivity contribution in [3.63, 3.8) is 0 Å². The molecule has 0 spiro atoms. The van der Waals surface area contributed by atoms with E-state index in [2.05, 4.69) is 15.7 Å². The van der Waals surface area contributed by atoms with Gasteiger partial charge in [0.05, 0.1) is 17.3 Å². The molecular weight excluding hydrogens is 305 g/mol. The molecule has 0 bridgehead atoms. The number of hydrogen-bond acceptors (Lipinski definition) is 2. The summed E-state index contributed by atoms with van der Waals surface area (Å²) < 4.78 is 39.0. The molecule has 1 saturated carbocycles. The van der Waals surface area contributed by atoms with Crippen LogP contribution in [0.25, 0.3) is 0 Å². The van der Waals surface area contributed by atoms with Crippen molar-refractivity contribution >= 4 is 23.2 Å². The van der Waals surface area contributed by atoms with Crippen LogP contribution in [-0.4, -0.2) is 12.0 Å². The first-order valence-corrected chi connectivity index (χ1v) is 6.96. The Morgan fingerprint density at radius 1 is 1.29 bits per heavy atom. The molecule has 1 aliphatic carbocycles. The number of benzene rings is 1. The monoisotopic (exact) mass is 320 g/mol. The van der Waals surface area contributed by atoms with Crippen molar-refractivity contribution < 1.29 is 13.2 Å². The van der Waals surface area contributed by atoms with Crippen LogP contribution in [0.4, 0.5) is 18.9 Å². The maximum Gasteiger partial charge on any atom is 0.418 e. The molecule has 0 atom stereocenters. The van der Waals surface area contributed by atoms with Gasteiger partial charge in [0.25, 0.3) is 0 Å². The predicted molar refractivity (Wildman–Crippen MR) is 77.1 cm³/mol. The number of halogens is 4. The number of guanidine groups is 1. The van der Waals surface area contributed by atoms with Crippen LogP contribution in [0.3, 0.4) is 0 Å². The quantitative estimate of drug-likeness (QED) is 0.338. The van der Waals surface area contributed by atoms with Crippen LogP contribution < -0.4 is 16.6 Å². The third kappa shape index (κ3) is 4.25. The fraction of sp³-hybridized carbons (Fsp3) is 0.462. The molecule has 0 unspecified atom stereocenters. The molecule has 1 aromatic carbocycles. The highest BCUT2D eigenvalue weighted by atomic mass is 35.5. The van der Waals surface area contributed by atoms with Crippen LogP contribution in [0.2, 0.25) is 5.02 Å². The molecule has 1 fully saturated rings. The van der Waals surface area contributed by atoms with E-state index in [1.165, 1.54) is 12.1 Å². The summed E-state index contributed by atoms with van der Waals surface area (Å²) in [4.78, 5) is 4.30. The first-order valence-electron chi connectivity index (χ1n) is 6.58. The number of nitrogens with two attached hydrogens (primary N) is 1. The lowest BCUT2D eigenvalue weighted by molar-refractivity contribution is -0.136. The van der Waals surface area contributed by atoms with Crippen molar-refractivity contribution in [2.75, 3.05) is 5.32 Å². The summed E-state index contributed by atoms with van der Waals surface area (Å²) in [5.74, 6) is 5.46. The Hall–Kier alpha value is -1.47. The number of nitrogens with one attached hydrogen (secondary N) is 2. The molecule has 1 aliphatic rings. The minimum Gasteiger partial charge on any atom is -0.325 e. The van der Waals surface area contributed by atoms with E-state index in [0.29, 0.717) is 0 Å². The predicted octanol–water partition coefficient (Wildman–Crippen LogP) is 3.53. The summed E-state index contributed by atoms with van der Waals surface area (Å²) in [6, 6.07) is 3.59. The van der Waals surface area contributed by atoms with Gasteiger partial charge in [-0.1, -0.05) is 24.4 Å². The Labute approximate surface area is 125 Å². The fourth-order valence-corrected chi connectivity index (χ4v) is 2.48. The average molecular weight is 321 g/mol. The van der Waals surface area contributed by atoms with Gasteiger partial charge in [-0.3, -0.25) is 5.43 Å². The number of alkyl halides is 3. The van der Waals surface area contributed by atoms with Gasteiger partial charge in [0, 0.05) is 5.02 Å². The molecule has 4 N–H and O–H groups in total. The van der Waals surface area contributed by atoms with Crippen LogP contribution in [0.15, 0.2) is 23.2 Å². The molecule has 0 saturated heterocycles. The molecule has 0 aromatic heterocycles. The molecular formula is C13H16ClF3N4. The Morgan fingerprint density at radius 2 is 1.95 bits per heavy atom. The number of hydrazine groups is 1. The van der Waals surface area contributed by atoms with Crippen LogP contribution in [-0.2, 0) is 6.18 Å². The summed E-state index contributed by atoms with van der Waals surface area (Å²) in [5, 5.41) is 2.61. The molecule has 116 valence electrons. The van der Waals surface area contributed by atoms with E-state index in [0.717, 1.165) is 31.7 Å². The molecule has 21 heavy (non-hydrogen) atoms. The average Bonchev–Trinajstić information content (AvgIpc) is 2.91. The minimum atomic E-state index is -4.51. The van der Waals surface area contributed by atoms with Gasteiger partial charge in [-0.25, -0.2) is 10.8 Å². The van der Waals surface area contributed by atoms with E-state index in [1.807, 2.05) is 0 Å². The maximum absolute atomic E-state index is 13.0. The SMILES string of the molecule is NNC(=NC1CCCC1)Nc1ccc(Cl)cc1C(F)(F)F. The number of rotatable bonds is 2. The number of anilines is 1. The largest absolute Gasteiger partial charge is 0.418 e. The lowest BCUT2D eigenvalue weighted by Gasteiger charge is -2.16. The highest BCUT2D eigenvalue weighted by molar-refractivity contribution is 6.30. The third-order valence-corrected chi connectivity index (χ3v) is 3.55. The normalized spacial score (nSPS) is 17.1. The molecule has 0 heterocycles. The molecule has 0 radical (unpaired) electrons. The zero-order chi connectivity index (χ0) is 15.5. The molecule has 0 aliphatic heterocycles. The minimum absolute atomic E-state index is 0.0165. The van der Waals surface area contributed by atoms with Gasteiger partial charge in [-0.2, -0.15) is 13.2 Å². The first-order chi connectivity index (χ1) is 9.90. The van der Waals surface area contributed by atoms with Gasteiger partial charge in [0.2, 0.25) is 5.96 Å². The fourth-order valence-electron chi connectivity index (χ4n) is 2.31. The highest BCUT2D eigenvalue weighted by Crippen LogP contribution is 2.36. The van der Waals surface area contributed by atoms with Crippen molar-refractivity contribution in [2.24, 2.45) is 10.8 Å². The number of aliphatic imine (C=N–C) groups is 1. The van der Waals surface area contributed by atoms with Crippen molar-refractivity contribution in [3.05, 3.63) is 28.8 Å². The zero-order valence-electron chi connectivity index (χ0n) is 11.2. The van der Waals surface area contributed by atoms with Gasteiger partial charge in [-0.05, 0) is 31.0 Å². The van der Waals surface area contributed by atoms with Crippen LogP contribution in [0, 0.1) is 0 Å². The maximum atomic E-state index is 13.0. The van der Waals surface area contributed by atoms with Crippen LogP contribution >= 0.6 is 11.6 Å². The molecule has 8 heteroatoms. The lowest BCUT2D eigenvalue weighted by atomic mass is 10.1. The molecule has 1 aromatic rings.